The minimum Gasteiger partial charge on any atom is -0.489 e. The Morgan fingerprint density at radius 3 is 2.77 bits per heavy atom. The molecule has 1 aromatic carbocycles. The number of benzene rings is 1. The molecule has 0 aromatic heterocycles. The lowest BCUT2D eigenvalue weighted by Crippen LogP contribution is -2.56. The summed E-state index contributed by atoms with van der Waals surface area (Å²) in [5.41, 5.74) is 1.79. The van der Waals surface area contributed by atoms with Crippen molar-refractivity contribution in [2.75, 3.05) is 6.54 Å². The van der Waals surface area contributed by atoms with Crippen LogP contribution in [0.5, 0.6) is 5.75 Å². The van der Waals surface area contributed by atoms with E-state index in [9.17, 15) is 9.59 Å². The third kappa shape index (κ3) is 4.02. The highest BCUT2D eigenvalue weighted by atomic mass is 35.5. The maximum Gasteiger partial charge on any atom is 0.322 e. The molecule has 0 saturated heterocycles. The number of fused-ring (bicyclic) bond motifs is 1. The monoisotopic (exact) mass is 432 g/mol. The predicted octanol–water partition coefficient (Wildman–Crippen LogP) is 5.06. The number of carbonyl (C=O) groups is 2. The van der Waals surface area contributed by atoms with Crippen LogP contribution in [0.15, 0.2) is 30.0 Å². The van der Waals surface area contributed by atoms with E-state index in [0.29, 0.717) is 16.2 Å². The molecule has 1 heterocycles. The van der Waals surface area contributed by atoms with Gasteiger partial charge in [-0.25, -0.2) is 4.79 Å². The minimum atomic E-state index is -0.918. The van der Waals surface area contributed by atoms with Crippen LogP contribution in [0.25, 0.3) is 0 Å². The van der Waals surface area contributed by atoms with Crippen molar-refractivity contribution in [2.45, 2.75) is 70.4 Å². The van der Waals surface area contributed by atoms with Gasteiger partial charge >= 0.3 is 12.0 Å². The Morgan fingerprint density at radius 1 is 1.33 bits per heavy atom. The Morgan fingerprint density at radius 2 is 2.10 bits per heavy atom. The van der Waals surface area contributed by atoms with Gasteiger partial charge in [0.2, 0.25) is 0 Å². The van der Waals surface area contributed by atoms with Gasteiger partial charge in [0.15, 0.2) is 0 Å². The minimum absolute atomic E-state index is 0.0833. The highest BCUT2D eigenvalue weighted by Gasteiger charge is 2.44. The number of aliphatic carboxylic acids is 1. The summed E-state index contributed by atoms with van der Waals surface area (Å²) in [5.74, 6) is -0.234. The second-order valence-electron chi connectivity index (χ2n) is 9.49. The van der Waals surface area contributed by atoms with Crippen molar-refractivity contribution in [3.05, 3.63) is 40.6 Å². The zero-order chi connectivity index (χ0) is 21.5. The average molecular weight is 433 g/mol. The maximum absolute atomic E-state index is 12.8. The summed E-state index contributed by atoms with van der Waals surface area (Å²) < 4.78 is 6.09. The quantitative estimate of drug-likeness (QED) is 0.658. The van der Waals surface area contributed by atoms with Crippen molar-refractivity contribution in [2.24, 2.45) is 5.41 Å². The first-order valence-corrected chi connectivity index (χ1v) is 11.0. The van der Waals surface area contributed by atoms with E-state index in [0.717, 1.165) is 49.7 Å². The van der Waals surface area contributed by atoms with Crippen LogP contribution in [0.4, 0.5) is 4.79 Å². The molecular weight excluding hydrogens is 404 g/mol. The molecule has 2 N–H and O–H groups in total. The average Bonchev–Trinajstić information content (AvgIpc) is 2.66. The standard InChI is InChI=1S/C23H29ClN2O4/c1-22(2)12-17(13-22)30-19-7-6-15(11-18(19)24)23-9-4-3-5-16(23)14-26(21(29)25-23)10-8-20(27)28/h6-7,11,14,17H,3-5,8-10,12-13H2,1-2H3,(H,25,29)(H,27,28). The van der Waals surface area contributed by atoms with Crippen LogP contribution in [0.3, 0.4) is 0 Å². The second-order valence-corrected chi connectivity index (χ2v) is 9.90. The third-order valence-electron chi connectivity index (χ3n) is 6.53. The lowest BCUT2D eigenvalue weighted by molar-refractivity contribution is -0.137. The molecule has 2 saturated carbocycles. The Hall–Kier alpha value is -2.21. The Balaban J connectivity index is 1.58. The molecule has 162 valence electrons. The van der Waals surface area contributed by atoms with Crippen LogP contribution in [0, 0.1) is 5.41 Å². The van der Waals surface area contributed by atoms with Gasteiger partial charge in [-0.1, -0.05) is 37.9 Å². The first-order chi connectivity index (χ1) is 14.2. The van der Waals surface area contributed by atoms with E-state index in [1.165, 1.54) is 4.90 Å². The number of rotatable bonds is 6. The molecule has 2 fully saturated rings. The first kappa shape index (κ1) is 21.0. The SMILES string of the molecule is CC1(C)CC(Oc2ccc(C34CCCCC3=CN(CCC(=O)O)C(=O)N4)cc2Cl)C1. The summed E-state index contributed by atoms with van der Waals surface area (Å²) in [6, 6.07) is 5.55. The molecular formula is C23H29ClN2O4. The number of hydrogen-bond donors (Lipinski definition) is 2. The fourth-order valence-corrected chi connectivity index (χ4v) is 5.20. The van der Waals surface area contributed by atoms with Gasteiger partial charge in [-0.05, 0) is 60.8 Å². The van der Waals surface area contributed by atoms with Crippen molar-refractivity contribution in [1.29, 1.82) is 0 Å². The van der Waals surface area contributed by atoms with Crippen LogP contribution in [0.1, 0.15) is 64.4 Å². The summed E-state index contributed by atoms with van der Waals surface area (Å²) >= 11 is 6.59. The lowest BCUT2D eigenvalue weighted by Gasteiger charge is -2.46. The summed E-state index contributed by atoms with van der Waals surface area (Å²) in [7, 11) is 0. The van der Waals surface area contributed by atoms with Gasteiger partial charge < -0.3 is 20.1 Å². The van der Waals surface area contributed by atoms with Gasteiger partial charge in [0, 0.05) is 12.7 Å². The molecule has 1 unspecified atom stereocenters. The first-order valence-electron chi connectivity index (χ1n) is 10.7. The molecule has 1 aliphatic heterocycles. The second kappa shape index (κ2) is 7.80. The van der Waals surface area contributed by atoms with Crippen LogP contribution in [-0.2, 0) is 10.3 Å². The fraction of sp³-hybridized carbons (Fsp3) is 0.565. The number of carboxylic acids is 1. The van der Waals surface area contributed by atoms with Gasteiger partial charge in [-0.2, -0.15) is 0 Å². The van der Waals surface area contributed by atoms with Crippen LogP contribution >= 0.6 is 11.6 Å². The van der Waals surface area contributed by atoms with Gasteiger partial charge in [0.05, 0.1) is 23.1 Å². The maximum atomic E-state index is 12.8. The van der Waals surface area contributed by atoms with Crippen molar-refractivity contribution in [3.63, 3.8) is 0 Å². The number of amides is 2. The predicted molar refractivity (Wildman–Crippen MR) is 115 cm³/mol. The molecule has 0 bridgehead atoms. The number of urea groups is 1. The summed E-state index contributed by atoms with van der Waals surface area (Å²) in [5, 5.41) is 12.7. The summed E-state index contributed by atoms with van der Waals surface area (Å²) in [6.07, 6.45) is 7.69. The molecule has 2 amide bonds. The largest absolute Gasteiger partial charge is 0.489 e. The Bertz CT molecular complexity index is 889. The number of nitrogens with zero attached hydrogens (tertiary/aromatic N) is 1. The molecule has 0 radical (unpaired) electrons. The van der Waals surface area contributed by atoms with E-state index >= 15 is 0 Å². The highest BCUT2D eigenvalue weighted by Crippen LogP contribution is 2.46. The van der Waals surface area contributed by atoms with Crippen LogP contribution in [-0.4, -0.2) is 34.7 Å². The summed E-state index contributed by atoms with van der Waals surface area (Å²) in [4.78, 5) is 25.2. The molecule has 7 heteroatoms. The molecule has 30 heavy (non-hydrogen) atoms. The zero-order valence-corrected chi connectivity index (χ0v) is 18.3. The van der Waals surface area contributed by atoms with Gasteiger partial charge in [0.25, 0.3) is 0 Å². The van der Waals surface area contributed by atoms with Gasteiger partial charge in [-0.3, -0.25) is 4.79 Å². The third-order valence-corrected chi connectivity index (χ3v) is 6.83. The zero-order valence-electron chi connectivity index (χ0n) is 17.5. The number of carbonyl (C=O) groups excluding carboxylic acids is 1. The van der Waals surface area contributed by atoms with E-state index in [1.807, 2.05) is 24.4 Å². The molecule has 1 atom stereocenters. The molecule has 2 aliphatic carbocycles. The molecule has 1 aromatic rings. The lowest BCUT2D eigenvalue weighted by atomic mass is 9.70. The molecule has 4 rings (SSSR count). The Labute approximate surface area is 182 Å². The van der Waals surface area contributed by atoms with Gasteiger partial charge in [-0.15, -0.1) is 0 Å². The number of hydrogen-bond acceptors (Lipinski definition) is 3. The van der Waals surface area contributed by atoms with E-state index in [4.69, 9.17) is 21.4 Å². The molecule has 3 aliphatic rings. The summed E-state index contributed by atoms with van der Waals surface area (Å²) in [6.45, 7) is 4.63. The van der Waals surface area contributed by atoms with Crippen LogP contribution < -0.4 is 10.1 Å². The molecule has 6 nitrogen and oxygen atoms in total. The smallest absolute Gasteiger partial charge is 0.322 e. The van der Waals surface area contributed by atoms with E-state index in [-0.39, 0.29) is 25.1 Å². The molecule has 0 spiro atoms. The number of carboxylic acid groups (broad SMARTS) is 1. The van der Waals surface area contributed by atoms with Crippen molar-refractivity contribution in [3.8, 4) is 5.75 Å². The fourth-order valence-electron chi connectivity index (χ4n) is 4.98. The topological polar surface area (TPSA) is 78.9 Å². The Kier molecular flexibility index (Phi) is 5.47. The van der Waals surface area contributed by atoms with Crippen molar-refractivity contribution >= 4 is 23.6 Å². The van der Waals surface area contributed by atoms with E-state index in [2.05, 4.69) is 19.2 Å². The highest BCUT2D eigenvalue weighted by molar-refractivity contribution is 6.32. The number of nitrogens with one attached hydrogen (secondary N) is 1. The van der Waals surface area contributed by atoms with Crippen molar-refractivity contribution < 1.29 is 19.4 Å². The van der Waals surface area contributed by atoms with Crippen LogP contribution in [0.2, 0.25) is 5.02 Å². The van der Waals surface area contributed by atoms with Gasteiger partial charge in [0.1, 0.15) is 5.75 Å². The van der Waals surface area contributed by atoms with E-state index < -0.39 is 11.5 Å². The van der Waals surface area contributed by atoms with Crippen molar-refractivity contribution in [1.82, 2.24) is 10.2 Å². The normalized spacial score (nSPS) is 25.6. The number of halogens is 1. The van der Waals surface area contributed by atoms with E-state index in [1.54, 1.807) is 0 Å². The number of ether oxygens (including phenoxy) is 1.